The van der Waals surface area contributed by atoms with E-state index in [2.05, 4.69) is 20.9 Å². The summed E-state index contributed by atoms with van der Waals surface area (Å²) < 4.78 is 5.40. The van der Waals surface area contributed by atoms with Crippen molar-refractivity contribution in [2.45, 2.75) is 13.3 Å². The number of anilines is 2. The zero-order valence-electron chi connectivity index (χ0n) is 15.6. The number of hydrogen-bond donors (Lipinski definition) is 3. The predicted molar refractivity (Wildman–Crippen MR) is 111 cm³/mol. The number of aliphatic imine (C=N–C) groups is 1. The lowest BCUT2D eigenvalue weighted by Gasteiger charge is -2.16. The third-order valence-electron chi connectivity index (χ3n) is 4.12. The number of nitrogens with zero attached hydrogens (tertiary/aromatic N) is 1. The molecule has 0 aliphatic carbocycles. The highest BCUT2D eigenvalue weighted by Gasteiger charge is 2.10. The van der Waals surface area contributed by atoms with E-state index in [0.29, 0.717) is 17.0 Å². The van der Waals surface area contributed by atoms with Crippen LogP contribution in [0.2, 0.25) is 0 Å². The van der Waals surface area contributed by atoms with Crippen molar-refractivity contribution < 1.29 is 9.53 Å². The molecule has 0 aromatic heterocycles. The summed E-state index contributed by atoms with van der Waals surface area (Å²) in [4.78, 5) is 17.0. The molecule has 27 heavy (non-hydrogen) atoms. The second kappa shape index (κ2) is 8.89. The van der Waals surface area contributed by atoms with Crippen LogP contribution in [0.4, 0.5) is 11.4 Å². The first-order valence-electron chi connectivity index (χ1n) is 8.97. The maximum Gasteiger partial charge on any atom is 0.255 e. The zero-order chi connectivity index (χ0) is 19.1. The number of rotatable bonds is 5. The topological polar surface area (TPSA) is 74.8 Å². The molecule has 0 fully saturated rings. The van der Waals surface area contributed by atoms with Gasteiger partial charge in [-0.2, -0.15) is 0 Å². The van der Waals surface area contributed by atoms with Gasteiger partial charge in [0, 0.05) is 41.7 Å². The minimum Gasteiger partial charge on any atom is -0.496 e. The molecular formula is C21H24N4O2. The van der Waals surface area contributed by atoms with Gasteiger partial charge in [-0.3, -0.25) is 9.79 Å². The molecule has 1 aliphatic heterocycles. The Hall–Kier alpha value is -3.28. The Morgan fingerprint density at radius 3 is 2.85 bits per heavy atom. The van der Waals surface area contributed by atoms with Crippen molar-refractivity contribution in [3.05, 3.63) is 59.7 Å². The van der Waals surface area contributed by atoms with E-state index in [0.717, 1.165) is 36.7 Å². The van der Waals surface area contributed by atoms with Crippen LogP contribution in [0.25, 0.3) is 6.08 Å². The smallest absolute Gasteiger partial charge is 0.255 e. The summed E-state index contributed by atoms with van der Waals surface area (Å²) in [6, 6.07) is 12.9. The maximum atomic E-state index is 12.6. The summed E-state index contributed by atoms with van der Waals surface area (Å²) in [6.45, 7) is 3.65. The van der Waals surface area contributed by atoms with E-state index < -0.39 is 0 Å². The van der Waals surface area contributed by atoms with E-state index in [1.165, 1.54) is 0 Å². The van der Waals surface area contributed by atoms with Crippen LogP contribution in [0, 0.1) is 0 Å². The van der Waals surface area contributed by atoms with Crippen molar-refractivity contribution in [1.82, 2.24) is 5.32 Å². The van der Waals surface area contributed by atoms with Gasteiger partial charge in [-0.25, -0.2) is 0 Å². The molecule has 0 spiro atoms. The SMILES string of the molecule is C/C=C/c1ccc(NC(=O)c2cccc(NC3=NCCCN3)c2)cc1OC. The van der Waals surface area contributed by atoms with E-state index in [1.807, 2.05) is 49.4 Å². The molecule has 0 radical (unpaired) electrons. The molecule has 0 bridgehead atoms. The van der Waals surface area contributed by atoms with E-state index in [9.17, 15) is 4.79 Å². The standard InChI is InChI=1S/C21H24N4O2/c1-3-6-15-9-10-18(14-19(15)27-2)24-20(26)16-7-4-8-17(13-16)25-21-22-11-5-12-23-21/h3-4,6-10,13-14H,5,11-12H2,1-2H3,(H,24,26)(H2,22,23,25)/b6-3+. The second-order valence-corrected chi connectivity index (χ2v) is 6.13. The van der Waals surface area contributed by atoms with Gasteiger partial charge < -0.3 is 20.7 Å². The number of nitrogens with one attached hydrogen (secondary N) is 3. The first kappa shape index (κ1) is 18.5. The number of methoxy groups -OCH3 is 1. The monoisotopic (exact) mass is 364 g/mol. The van der Waals surface area contributed by atoms with Gasteiger partial charge in [0.1, 0.15) is 5.75 Å². The third-order valence-corrected chi connectivity index (χ3v) is 4.12. The largest absolute Gasteiger partial charge is 0.496 e. The number of amides is 1. The van der Waals surface area contributed by atoms with Gasteiger partial charge >= 0.3 is 0 Å². The molecule has 2 aromatic rings. The highest BCUT2D eigenvalue weighted by atomic mass is 16.5. The van der Waals surface area contributed by atoms with E-state index in [4.69, 9.17) is 4.74 Å². The van der Waals surface area contributed by atoms with Crippen LogP contribution < -0.4 is 20.7 Å². The number of carbonyl (C=O) groups excluding carboxylic acids is 1. The fourth-order valence-corrected chi connectivity index (χ4v) is 2.80. The van der Waals surface area contributed by atoms with Crippen molar-refractivity contribution in [3.63, 3.8) is 0 Å². The summed E-state index contributed by atoms with van der Waals surface area (Å²) in [5.74, 6) is 1.27. The quantitative estimate of drug-likeness (QED) is 0.755. The molecule has 0 unspecified atom stereocenters. The van der Waals surface area contributed by atoms with Crippen LogP contribution >= 0.6 is 0 Å². The number of guanidine groups is 1. The normalized spacial score (nSPS) is 13.6. The van der Waals surface area contributed by atoms with Crippen LogP contribution in [-0.2, 0) is 0 Å². The fraction of sp³-hybridized carbons (Fsp3) is 0.238. The number of hydrogen-bond acceptors (Lipinski definition) is 5. The summed E-state index contributed by atoms with van der Waals surface area (Å²) >= 11 is 0. The van der Waals surface area contributed by atoms with Crippen LogP contribution in [-0.4, -0.2) is 32.1 Å². The Balaban J connectivity index is 1.72. The Kier molecular flexibility index (Phi) is 6.10. The minimum atomic E-state index is -0.182. The van der Waals surface area contributed by atoms with Crippen molar-refractivity contribution in [3.8, 4) is 5.75 Å². The van der Waals surface area contributed by atoms with Crippen molar-refractivity contribution >= 4 is 29.3 Å². The molecule has 6 heteroatoms. The Morgan fingerprint density at radius 1 is 1.22 bits per heavy atom. The molecule has 3 rings (SSSR count). The number of carbonyl (C=O) groups is 1. The molecule has 1 heterocycles. The van der Waals surface area contributed by atoms with E-state index in [-0.39, 0.29) is 5.91 Å². The first-order valence-corrected chi connectivity index (χ1v) is 8.97. The van der Waals surface area contributed by atoms with Crippen molar-refractivity contribution in [2.75, 3.05) is 30.8 Å². The van der Waals surface area contributed by atoms with Crippen LogP contribution in [0.3, 0.4) is 0 Å². The van der Waals surface area contributed by atoms with Gasteiger partial charge in [0.25, 0.3) is 5.91 Å². The van der Waals surface area contributed by atoms with Crippen LogP contribution in [0.5, 0.6) is 5.75 Å². The maximum absolute atomic E-state index is 12.6. The molecule has 2 aromatic carbocycles. The average molecular weight is 364 g/mol. The first-order chi connectivity index (χ1) is 13.2. The van der Waals surface area contributed by atoms with Gasteiger partial charge in [-0.05, 0) is 43.7 Å². The Labute approximate surface area is 159 Å². The highest BCUT2D eigenvalue weighted by Crippen LogP contribution is 2.25. The predicted octanol–water partition coefficient (Wildman–Crippen LogP) is 3.74. The molecular weight excluding hydrogens is 340 g/mol. The molecule has 0 atom stereocenters. The van der Waals surface area contributed by atoms with Gasteiger partial charge in [0.15, 0.2) is 5.96 Å². The van der Waals surface area contributed by atoms with Gasteiger partial charge in [-0.15, -0.1) is 0 Å². The Morgan fingerprint density at radius 2 is 2.11 bits per heavy atom. The molecule has 0 saturated carbocycles. The average Bonchev–Trinajstić information content (AvgIpc) is 2.70. The third kappa shape index (κ3) is 4.88. The van der Waals surface area contributed by atoms with Crippen molar-refractivity contribution in [1.29, 1.82) is 0 Å². The Bertz CT molecular complexity index is 874. The zero-order valence-corrected chi connectivity index (χ0v) is 15.6. The van der Waals surface area contributed by atoms with Gasteiger partial charge in [0.2, 0.25) is 0 Å². The molecule has 0 saturated heterocycles. The summed E-state index contributed by atoms with van der Waals surface area (Å²) in [7, 11) is 1.62. The summed E-state index contributed by atoms with van der Waals surface area (Å²) in [5, 5.41) is 9.33. The minimum absolute atomic E-state index is 0.182. The second-order valence-electron chi connectivity index (χ2n) is 6.13. The lowest BCUT2D eigenvalue weighted by atomic mass is 10.1. The van der Waals surface area contributed by atoms with Crippen molar-refractivity contribution in [2.24, 2.45) is 4.99 Å². The molecule has 1 aliphatic rings. The lowest BCUT2D eigenvalue weighted by Crippen LogP contribution is -2.35. The summed E-state index contributed by atoms with van der Waals surface area (Å²) in [6.07, 6.45) is 4.94. The lowest BCUT2D eigenvalue weighted by molar-refractivity contribution is 0.102. The summed E-state index contributed by atoms with van der Waals surface area (Å²) in [5.41, 5.74) is 3.02. The number of ether oxygens (including phenoxy) is 1. The van der Waals surface area contributed by atoms with E-state index >= 15 is 0 Å². The molecule has 140 valence electrons. The highest BCUT2D eigenvalue weighted by molar-refractivity contribution is 6.05. The van der Waals surface area contributed by atoms with E-state index in [1.54, 1.807) is 19.2 Å². The van der Waals surface area contributed by atoms with Gasteiger partial charge in [0.05, 0.1) is 7.11 Å². The van der Waals surface area contributed by atoms with Crippen LogP contribution in [0.1, 0.15) is 29.3 Å². The van der Waals surface area contributed by atoms with Crippen LogP contribution in [0.15, 0.2) is 53.5 Å². The molecule has 3 N–H and O–H groups in total. The number of benzene rings is 2. The molecule has 6 nitrogen and oxygen atoms in total. The number of allylic oxidation sites excluding steroid dienone is 1. The molecule has 1 amide bonds. The fourth-order valence-electron chi connectivity index (χ4n) is 2.80. The van der Waals surface area contributed by atoms with Gasteiger partial charge in [-0.1, -0.05) is 18.2 Å².